The van der Waals surface area contributed by atoms with E-state index < -0.39 is 6.92 Å². The van der Waals surface area contributed by atoms with Crippen molar-refractivity contribution in [1.82, 2.24) is 10.2 Å². The van der Waals surface area contributed by atoms with Gasteiger partial charge < -0.3 is 15.2 Å². The zero-order valence-electron chi connectivity index (χ0n) is 13.9. The zero-order chi connectivity index (χ0) is 17.5. The Morgan fingerprint density at radius 1 is 1.25 bits per heavy atom. The third kappa shape index (κ3) is 4.93. The molecule has 0 aliphatic carbocycles. The van der Waals surface area contributed by atoms with Crippen LogP contribution in [0.1, 0.15) is 36.0 Å². The number of benzene rings is 1. The second-order valence-corrected chi connectivity index (χ2v) is 6.10. The molecule has 2 N–H and O–H groups in total. The number of nitrogens with one attached hydrogen (secondary N) is 1. The van der Waals surface area contributed by atoms with Crippen molar-refractivity contribution < 1.29 is 19.4 Å². The van der Waals surface area contributed by atoms with Crippen LogP contribution in [-0.4, -0.2) is 53.5 Å². The number of carbonyl (C=O) groups excluding carboxylic acids is 3. The fourth-order valence-electron chi connectivity index (χ4n) is 2.96. The standard InChI is InChI=1S/C17H23BN2O4/c1-18(24)15-8-5-11-20(15)17(23)12-19-16(22)10-9-14(21)13-6-3-2-4-7-13/h2-4,6-7,15,24H,5,8-12H2,1H3,(H,19,22). The molecule has 1 fully saturated rings. The Kier molecular flexibility index (Phi) is 6.55. The second-order valence-electron chi connectivity index (χ2n) is 6.10. The van der Waals surface area contributed by atoms with Gasteiger partial charge in [-0.25, -0.2) is 0 Å². The summed E-state index contributed by atoms with van der Waals surface area (Å²) < 4.78 is 0. The van der Waals surface area contributed by atoms with E-state index in [9.17, 15) is 19.4 Å². The molecule has 1 unspecified atom stereocenters. The largest absolute Gasteiger partial charge is 0.449 e. The van der Waals surface area contributed by atoms with Crippen LogP contribution in [0.15, 0.2) is 30.3 Å². The Hall–Kier alpha value is -2.15. The normalized spacial score (nSPS) is 16.8. The van der Waals surface area contributed by atoms with E-state index in [2.05, 4.69) is 5.32 Å². The van der Waals surface area contributed by atoms with Crippen molar-refractivity contribution in [2.75, 3.05) is 13.1 Å². The first-order valence-corrected chi connectivity index (χ1v) is 8.31. The molecule has 1 aromatic carbocycles. The third-order valence-electron chi connectivity index (χ3n) is 4.29. The van der Waals surface area contributed by atoms with E-state index >= 15 is 0 Å². The van der Waals surface area contributed by atoms with Crippen LogP contribution in [0.25, 0.3) is 0 Å². The van der Waals surface area contributed by atoms with Gasteiger partial charge in [0.2, 0.25) is 11.8 Å². The van der Waals surface area contributed by atoms with Gasteiger partial charge in [-0.2, -0.15) is 0 Å². The number of hydrogen-bond acceptors (Lipinski definition) is 4. The molecule has 24 heavy (non-hydrogen) atoms. The fraction of sp³-hybridized carbons (Fsp3) is 0.471. The molecule has 1 atom stereocenters. The average molecular weight is 330 g/mol. The maximum Gasteiger partial charge on any atom is 0.309 e. The molecule has 7 heteroatoms. The van der Waals surface area contributed by atoms with E-state index in [0.717, 1.165) is 12.8 Å². The Morgan fingerprint density at radius 3 is 2.62 bits per heavy atom. The number of hydrogen-bond donors (Lipinski definition) is 2. The zero-order valence-corrected chi connectivity index (χ0v) is 13.9. The molecule has 6 nitrogen and oxygen atoms in total. The van der Waals surface area contributed by atoms with Crippen LogP contribution in [0.3, 0.4) is 0 Å². The molecule has 1 aliphatic heterocycles. The molecule has 2 rings (SSSR count). The van der Waals surface area contributed by atoms with Crippen LogP contribution in [0.2, 0.25) is 6.82 Å². The molecule has 1 aromatic rings. The Bertz CT molecular complexity index is 592. The van der Waals surface area contributed by atoms with Gasteiger partial charge in [-0.3, -0.25) is 14.4 Å². The summed E-state index contributed by atoms with van der Waals surface area (Å²) >= 11 is 0. The lowest BCUT2D eigenvalue weighted by molar-refractivity contribution is -0.132. The summed E-state index contributed by atoms with van der Waals surface area (Å²) in [6.45, 7) is 1.61. The highest BCUT2D eigenvalue weighted by Crippen LogP contribution is 2.18. The molecular formula is C17H23BN2O4. The molecule has 2 amide bonds. The van der Waals surface area contributed by atoms with Crippen molar-refractivity contribution >= 4 is 24.5 Å². The van der Waals surface area contributed by atoms with Gasteiger partial charge in [-0.1, -0.05) is 37.2 Å². The van der Waals surface area contributed by atoms with E-state index in [1.807, 2.05) is 6.07 Å². The Morgan fingerprint density at radius 2 is 1.96 bits per heavy atom. The van der Waals surface area contributed by atoms with Crippen molar-refractivity contribution in [3.05, 3.63) is 35.9 Å². The van der Waals surface area contributed by atoms with Gasteiger partial charge in [0.25, 0.3) is 0 Å². The molecule has 1 heterocycles. The quantitative estimate of drug-likeness (QED) is 0.575. The number of carbonyl (C=O) groups is 3. The third-order valence-corrected chi connectivity index (χ3v) is 4.29. The summed E-state index contributed by atoms with van der Waals surface area (Å²) in [5.74, 6) is -0.776. The summed E-state index contributed by atoms with van der Waals surface area (Å²) in [6, 6.07) is 8.82. The van der Waals surface area contributed by atoms with Gasteiger partial charge in [-0.15, -0.1) is 0 Å². The summed E-state index contributed by atoms with van der Waals surface area (Å²) in [7, 11) is 0. The van der Waals surface area contributed by atoms with Crippen molar-refractivity contribution in [3.63, 3.8) is 0 Å². The van der Waals surface area contributed by atoms with Crippen molar-refractivity contribution in [1.29, 1.82) is 0 Å². The fourth-order valence-corrected chi connectivity index (χ4v) is 2.96. The van der Waals surface area contributed by atoms with E-state index in [4.69, 9.17) is 0 Å². The summed E-state index contributed by atoms with van der Waals surface area (Å²) in [5, 5.41) is 12.2. The lowest BCUT2D eigenvalue weighted by Crippen LogP contribution is -2.47. The number of amides is 2. The molecule has 0 saturated carbocycles. The first-order chi connectivity index (χ1) is 11.5. The SMILES string of the molecule is CB(O)C1CCCN1C(=O)CNC(=O)CCC(=O)c1ccccc1. The maximum absolute atomic E-state index is 12.2. The Labute approximate surface area is 142 Å². The minimum Gasteiger partial charge on any atom is -0.449 e. The number of ketones is 1. The van der Waals surface area contributed by atoms with Crippen molar-refractivity contribution in [3.8, 4) is 0 Å². The molecular weight excluding hydrogens is 307 g/mol. The average Bonchev–Trinajstić information content (AvgIpc) is 3.08. The highest BCUT2D eigenvalue weighted by molar-refractivity contribution is 6.51. The molecule has 128 valence electrons. The Balaban J connectivity index is 1.73. The van der Waals surface area contributed by atoms with Crippen molar-refractivity contribution in [2.45, 2.75) is 38.4 Å². The lowest BCUT2D eigenvalue weighted by atomic mass is 9.62. The van der Waals surface area contributed by atoms with Crippen LogP contribution in [-0.2, 0) is 9.59 Å². The van der Waals surface area contributed by atoms with Gasteiger partial charge >= 0.3 is 6.92 Å². The first-order valence-electron chi connectivity index (χ1n) is 8.31. The topological polar surface area (TPSA) is 86.7 Å². The number of likely N-dealkylation sites (tertiary alicyclic amines) is 1. The van der Waals surface area contributed by atoms with E-state index in [1.165, 1.54) is 0 Å². The number of Topliss-reactive ketones (excluding diaryl/α,β-unsaturated/α-hetero) is 1. The van der Waals surface area contributed by atoms with Crippen LogP contribution in [0.5, 0.6) is 0 Å². The van der Waals surface area contributed by atoms with Crippen molar-refractivity contribution in [2.24, 2.45) is 0 Å². The molecule has 1 aliphatic rings. The van der Waals surface area contributed by atoms with Crippen LogP contribution < -0.4 is 5.32 Å². The minimum absolute atomic E-state index is 0.0564. The van der Waals surface area contributed by atoms with Crippen LogP contribution in [0, 0.1) is 0 Å². The highest BCUT2D eigenvalue weighted by atomic mass is 16.2. The van der Waals surface area contributed by atoms with Crippen LogP contribution >= 0.6 is 0 Å². The van der Waals surface area contributed by atoms with Gasteiger partial charge in [0.1, 0.15) is 0 Å². The monoisotopic (exact) mass is 330 g/mol. The molecule has 0 aromatic heterocycles. The van der Waals surface area contributed by atoms with E-state index in [-0.39, 0.29) is 42.9 Å². The first kappa shape index (κ1) is 18.2. The van der Waals surface area contributed by atoms with Gasteiger partial charge in [-0.05, 0) is 12.8 Å². The number of nitrogens with zero attached hydrogens (tertiary/aromatic N) is 1. The van der Waals surface area contributed by atoms with E-state index in [1.54, 1.807) is 36.0 Å². The molecule has 0 radical (unpaired) electrons. The maximum atomic E-state index is 12.2. The van der Waals surface area contributed by atoms with Gasteiger partial charge in [0.15, 0.2) is 5.78 Å². The molecule has 1 saturated heterocycles. The second kappa shape index (κ2) is 8.64. The predicted molar refractivity (Wildman–Crippen MR) is 91.6 cm³/mol. The summed E-state index contributed by atoms with van der Waals surface area (Å²) in [5.41, 5.74) is 0.582. The summed E-state index contributed by atoms with van der Waals surface area (Å²) in [4.78, 5) is 37.5. The summed E-state index contributed by atoms with van der Waals surface area (Å²) in [6.07, 6.45) is 1.81. The number of rotatable bonds is 7. The lowest BCUT2D eigenvalue weighted by Gasteiger charge is -2.25. The van der Waals surface area contributed by atoms with E-state index in [0.29, 0.717) is 12.1 Å². The highest BCUT2D eigenvalue weighted by Gasteiger charge is 2.33. The minimum atomic E-state index is -0.573. The smallest absolute Gasteiger partial charge is 0.309 e. The van der Waals surface area contributed by atoms with Gasteiger partial charge in [0, 0.05) is 30.9 Å². The molecule has 0 bridgehead atoms. The van der Waals surface area contributed by atoms with Crippen LogP contribution in [0.4, 0.5) is 0 Å². The molecule has 0 spiro atoms. The van der Waals surface area contributed by atoms with Gasteiger partial charge in [0.05, 0.1) is 6.54 Å². The predicted octanol–water partition coefficient (Wildman–Crippen LogP) is 0.909.